The summed E-state index contributed by atoms with van der Waals surface area (Å²) in [5, 5.41) is 0. The fraction of sp³-hybridized carbons (Fsp3) is 0.333. The zero-order chi connectivity index (χ0) is 21.2. The van der Waals surface area contributed by atoms with Crippen LogP contribution < -0.4 is 0 Å². The molecule has 1 saturated carbocycles. The number of nitrogens with zero attached hydrogens (tertiary/aromatic N) is 2. The van der Waals surface area contributed by atoms with Gasteiger partial charge in [0.15, 0.2) is 5.78 Å². The van der Waals surface area contributed by atoms with Gasteiger partial charge in [0, 0.05) is 25.2 Å². The molecule has 0 radical (unpaired) electrons. The van der Waals surface area contributed by atoms with Gasteiger partial charge in [0.1, 0.15) is 5.82 Å². The molecule has 29 heavy (non-hydrogen) atoms. The van der Waals surface area contributed by atoms with E-state index in [0.29, 0.717) is 12.1 Å². The molecule has 2 aromatic rings. The van der Waals surface area contributed by atoms with Gasteiger partial charge < -0.3 is 4.90 Å². The third-order valence-electron chi connectivity index (χ3n) is 4.90. The van der Waals surface area contributed by atoms with Gasteiger partial charge in [-0.15, -0.1) is 0 Å². The summed E-state index contributed by atoms with van der Waals surface area (Å²) in [6, 6.07) is 11.6. The van der Waals surface area contributed by atoms with E-state index in [9.17, 15) is 22.4 Å². The summed E-state index contributed by atoms with van der Waals surface area (Å²) < 4.78 is 39.7. The van der Waals surface area contributed by atoms with Gasteiger partial charge in [-0.25, -0.2) is 12.8 Å². The third kappa shape index (κ3) is 5.07. The van der Waals surface area contributed by atoms with Crippen LogP contribution in [0.25, 0.3) is 0 Å². The average molecular weight is 418 g/mol. The third-order valence-corrected chi connectivity index (χ3v) is 6.72. The second kappa shape index (κ2) is 8.42. The lowest BCUT2D eigenvalue weighted by Crippen LogP contribution is -2.41. The van der Waals surface area contributed by atoms with Gasteiger partial charge in [0.2, 0.25) is 15.9 Å². The van der Waals surface area contributed by atoms with E-state index in [2.05, 4.69) is 0 Å². The van der Waals surface area contributed by atoms with Crippen molar-refractivity contribution in [1.82, 2.24) is 9.21 Å². The molecule has 0 aliphatic heterocycles. The highest BCUT2D eigenvalue weighted by Crippen LogP contribution is 2.29. The molecule has 6 nitrogen and oxygen atoms in total. The molecular formula is C21H23FN2O4S. The Bertz CT molecular complexity index is 1000. The lowest BCUT2D eigenvalue weighted by molar-refractivity contribution is -0.132. The van der Waals surface area contributed by atoms with Gasteiger partial charge in [-0.05, 0) is 49.6 Å². The highest BCUT2D eigenvalue weighted by molar-refractivity contribution is 7.89. The minimum Gasteiger partial charge on any atom is -0.334 e. The van der Waals surface area contributed by atoms with Crippen LogP contribution in [0.2, 0.25) is 0 Å². The molecule has 0 spiro atoms. The van der Waals surface area contributed by atoms with Crippen LogP contribution in [0.15, 0.2) is 53.4 Å². The van der Waals surface area contributed by atoms with Crippen LogP contribution in [0.5, 0.6) is 0 Å². The van der Waals surface area contributed by atoms with Gasteiger partial charge in [-0.1, -0.05) is 24.3 Å². The molecule has 0 saturated heterocycles. The first-order chi connectivity index (χ1) is 13.7. The Kier molecular flexibility index (Phi) is 6.14. The molecule has 1 amide bonds. The maximum atomic E-state index is 13.1. The Labute approximate surface area is 170 Å². The largest absolute Gasteiger partial charge is 0.334 e. The van der Waals surface area contributed by atoms with Crippen molar-refractivity contribution in [2.24, 2.45) is 0 Å². The van der Waals surface area contributed by atoms with Crippen molar-refractivity contribution in [3.05, 3.63) is 65.5 Å². The number of halogens is 1. The molecule has 0 atom stereocenters. The predicted octanol–water partition coefficient (Wildman–Crippen LogP) is 2.84. The number of rotatable bonds is 8. The van der Waals surface area contributed by atoms with Crippen LogP contribution in [-0.2, 0) is 21.4 Å². The van der Waals surface area contributed by atoms with Gasteiger partial charge in [-0.3, -0.25) is 9.59 Å². The number of sulfonamides is 1. The SMILES string of the molecule is CC(=O)c1ccc(S(=O)(=O)N(C)CC(=O)N(Cc2ccc(F)cc2)C2CC2)cc1. The fourth-order valence-electron chi connectivity index (χ4n) is 3.00. The average Bonchev–Trinajstić information content (AvgIpc) is 3.52. The van der Waals surface area contributed by atoms with Crippen LogP contribution in [-0.4, -0.2) is 48.9 Å². The Morgan fingerprint density at radius 1 is 1.03 bits per heavy atom. The van der Waals surface area contributed by atoms with Gasteiger partial charge in [-0.2, -0.15) is 4.31 Å². The van der Waals surface area contributed by atoms with Crippen LogP contribution in [0, 0.1) is 5.82 Å². The minimum absolute atomic E-state index is 0.0225. The van der Waals surface area contributed by atoms with Crippen LogP contribution in [0.3, 0.4) is 0 Å². The molecule has 1 aliphatic carbocycles. The molecule has 3 rings (SSSR count). The molecule has 0 N–H and O–H groups in total. The van der Waals surface area contributed by atoms with Crippen molar-refractivity contribution < 1.29 is 22.4 Å². The number of likely N-dealkylation sites (N-methyl/N-ethyl adjacent to an activating group) is 1. The first kappa shape index (κ1) is 21.1. The lowest BCUT2D eigenvalue weighted by atomic mass is 10.2. The number of carbonyl (C=O) groups is 2. The smallest absolute Gasteiger partial charge is 0.243 e. The van der Waals surface area contributed by atoms with E-state index in [0.717, 1.165) is 22.7 Å². The molecule has 1 fully saturated rings. The summed E-state index contributed by atoms with van der Waals surface area (Å²) in [5.74, 6) is -0.804. The highest BCUT2D eigenvalue weighted by Gasteiger charge is 2.34. The van der Waals surface area contributed by atoms with E-state index in [4.69, 9.17) is 0 Å². The molecule has 0 aromatic heterocycles. The van der Waals surface area contributed by atoms with Gasteiger partial charge in [0.25, 0.3) is 0 Å². The van der Waals surface area contributed by atoms with Gasteiger partial charge in [0.05, 0.1) is 11.4 Å². The van der Waals surface area contributed by atoms with E-state index >= 15 is 0 Å². The number of ketones is 1. The highest BCUT2D eigenvalue weighted by atomic mass is 32.2. The molecule has 0 heterocycles. The normalized spacial score (nSPS) is 14.1. The standard InChI is InChI=1S/C21H23FN2O4S/c1-15(25)17-5-11-20(12-6-17)29(27,28)23(2)14-21(26)24(19-9-10-19)13-16-3-7-18(22)8-4-16/h3-8,11-12,19H,9-10,13-14H2,1-2H3. The predicted molar refractivity (Wildman–Crippen MR) is 106 cm³/mol. The molecule has 2 aromatic carbocycles. The van der Waals surface area contributed by atoms with E-state index in [1.807, 2.05) is 0 Å². The van der Waals surface area contributed by atoms with Crippen LogP contribution in [0.4, 0.5) is 4.39 Å². The quantitative estimate of drug-likeness (QED) is 0.618. The lowest BCUT2D eigenvalue weighted by Gasteiger charge is -2.25. The number of hydrogen-bond donors (Lipinski definition) is 0. The van der Waals surface area contributed by atoms with Crippen molar-refractivity contribution in [2.75, 3.05) is 13.6 Å². The maximum absolute atomic E-state index is 13.1. The zero-order valence-electron chi connectivity index (χ0n) is 16.3. The van der Waals surface area contributed by atoms with Crippen LogP contribution >= 0.6 is 0 Å². The van der Waals surface area contributed by atoms with Crippen molar-refractivity contribution in [3.63, 3.8) is 0 Å². The number of amides is 1. The molecule has 8 heteroatoms. The summed E-state index contributed by atoms with van der Waals surface area (Å²) in [7, 11) is -2.51. The molecular weight excluding hydrogens is 395 g/mol. The number of carbonyl (C=O) groups excluding carboxylic acids is 2. The van der Waals surface area contributed by atoms with Crippen LogP contribution in [0.1, 0.15) is 35.7 Å². The Balaban J connectivity index is 1.71. The molecule has 0 bridgehead atoms. The Hall–Kier alpha value is -2.58. The van der Waals surface area contributed by atoms with Crippen molar-refractivity contribution >= 4 is 21.7 Å². The molecule has 1 aliphatic rings. The fourth-order valence-corrected chi connectivity index (χ4v) is 4.12. The zero-order valence-corrected chi connectivity index (χ0v) is 17.2. The second-order valence-electron chi connectivity index (χ2n) is 7.22. The Morgan fingerprint density at radius 2 is 1.62 bits per heavy atom. The summed E-state index contributed by atoms with van der Waals surface area (Å²) >= 11 is 0. The summed E-state index contributed by atoms with van der Waals surface area (Å²) in [6.45, 7) is 1.42. The Morgan fingerprint density at radius 3 is 2.14 bits per heavy atom. The second-order valence-corrected chi connectivity index (χ2v) is 9.27. The molecule has 0 unspecified atom stereocenters. The van der Waals surface area contributed by atoms with Crippen molar-refractivity contribution in [3.8, 4) is 0 Å². The summed E-state index contributed by atoms with van der Waals surface area (Å²) in [6.07, 6.45) is 1.74. The van der Waals surface area contributed by atoms with E-state index in [1.54, 1.807) is 17.0 Å². The summed E-state index contributed by atoms with van der Waals surface area (Å²) in [5.41, 5.74) is 1.21. The number of hydrogen-bond acceptors (Lipinski definition) is 4. The van der Waals surface area contributed by atoms with E-state index < -0.39 is 10.0 Å². The first-order valence-electron chi connectivity index (χ1n) is 9.30. The minimum atomic E-state index is -3.87. The van der Waals surface area contributed by atoms with Crippen molar-refractivity contribution in [2.45, 2.75) is 37.2 Å². The summed E-state index contributed by atoms with van der Waals surface area (Å²) in [4.78, 5) is 25.9. The monoisotopic (exact) mass is 418 g/mol. The van der Waals surface area contributed by atoms with E-state index in [1.165, 1.54) is 50.4 Å². The van der Waals surface area contributed by atoms with Gasteiger partial charge >= 0.3 is 0 Å². The number of benzene rings is 2. The molecule has 154 valence electrons. The van der Waals surface area contributed by atoms with Crippen molar-refractivity contribution in [1.29, 1.82) is 0 Å². The topological polar surface area (TPSA) is 74.8 Å². The maximum Gasteiger partial charge on any atom is 0.243 e. The first-order valence-corrected chi connectivity index (χ1v) is 10.7. The van der Waals surface area contributed by atoms with E-state index in [-0.39, 0.29) is 35.0 Å². The number of Topliss-reactive ketones (excluding diaryl/α,β-unsaturated/α-hetero) is 1.